The van der Waals surface area contributed by atoms with Crippen LogP contribution in [-0.4, -0.2) is 19.9 Å². The molecule has 118 valence electrons. The topological polar surface area (TPSA) is 93.2 Å². The Kier molecular flexibility index (Phi) is 3.24. The van der Waals surface area contributed by atoms with E-state index in [-0.39, 0.29) is 5.65 Å². The Morgan fingerprint density at radius 1 is 1.08 bits per heavy atom. The van der Waals surface area contributed by atoms with Gasteiger partial charge in [0, 0.05) is 17.4 Å². The lowest BCUT2D eigenvalue weighted by Crippen LogP contribution is -2.23. The van der Waals surface area contributed by atoms with Crippen LogP contribution in [0, 0.1) is 0 Å². The number of hydrogen-bond acceptors (Lipinski definition) is 6. The van der Waals surface area contributed by atoms with Crippen molar-refractivity contribution < 1.29 is 9.62 Å². The first-order valence-electron chi connectivity index (χ1n) is 7.19. The lowest BCUT2D eigenvalue weighted by Gasteiger charge is -2.09. The Balaban J connectivity index is 1.72. The molecule has 0 aliphatic heterocycles. The number of aromatic nitrogens is 3. The van der Waals surface area contributed by atoms with Gasteiger partial charge in [0.2, 0.25) is 0 Å². The van der Waals surface area contributed by atoms with Gasteiger partial charge in [0.1, 0.15) is 5.82 Å². The van der Waals surface area contributed by atoms with Crippen LogP contribution in [0.25, 0.3) is 22.2 Å². The highest BCUT2D eigenvalue weighted by molar-refractivity contribution is 5.88. The van der Waals surface area contributed by atoms with Gasteiger partial charge in [0.15, 0.2) is 5.65 Å². The van der Waals surface area contributed by atoms with Gasteiger partial charge < -0.3 is 14.9 Å². The average Bonchev–Trinajstić information content (AvgIpc) is 3.15. The monoisotopic (exact) mass is 320 g/mol. The van der Waals surface area contributed by atoms with E-state index in [0.29, 0.717) is 15.9 Å². The second-order valence-corrected chi connectivity index (χ2v) is 5.14. The quantitative estimate of drug-likeness (QED) is 0.564. The molecule has 0 fully saturated rings. The van der Waals surface area contributed by atoms with Crippen molar-refractivity contribution in [3.8, 4) is 11.1 Å². The third-order valence-electron chi connectivity index (χ3n) is 3.63. The number of benzene rings is 1. The molecule has 0 aliphatic rings. The maximum atomic E-state index is 11.8. The van der Waals surface area contributed by atoms with Crippen molar-refractivity contribution in [2.45, 2.75) is 0 Å². The predicted octanol–water partition coefficient (Wildman–Crippen LogP) is 3.03. The summed E-state index contributed by atoms with van der Waals surface area (Å²) in [6, 6.07) is 12.9. The summed E-state index contributed by atoms with van der Waals surface area (Å²) in [4.78, 5) is 19.6. The molecule has 0 amide bonds. The fourth-order valence-corrected chi connectivity index (χ4v) is 2.45. The largest absolute Gasteiger partial charge is 0.472 e. The third-order valence-corrected chi connectivity index (χ3v) is 3.63. The van der Waals surface area contributed by atoms with Crippen molar-refractivity contribution in [3.63, 3.8) is 0 Å². The van der Waals surface area contributed by atoms with Crippen LogP contribution < -0.4 is 11.0 Å². The van der Waals surface area contributed by atoms with E-state index in [9.17, 15) is 10.0 Å². The summed E-state index contributed by atoms with van der Waals surface area (Å²) in [5.74, 6) is 0.337. The van der Waals surface area contributed by atoms with Gasteiger partial charge in [-0.1, -0.05) is 12.1 Å². The van der Waals surface area contributed by atoms with Crippen LogP contribution in [0.3, 0.4) is 0 Å². The lowest BCUT2D eigenvalue weighted by molar-refractivity contribution is 0.182. The second kappa shape index (κ2) is 5.54. The van der Waals surface area contributed by atoms with Gasteiger partial charge in [-0.05, 0) is 35.9 Å². The van der Waals surface area contributed by atoms with E-state index in [1.54, 1.807) is 24.7 Å². The smallest absolute Gasteiger partial charge is 0.384 e. The zero-order chi connectivity index (χ0) is 16.5. The number of fused-ring (bicyclic) bond motifs is 1. The van der Waals surface area contributed by atoms with E-state index >= 15 is 0 Å². The van der Waals surface area contributed by atoms with Crippen molar-refractivity contribution in [2.75, 3.05) is 5.32 Å². The first-order chi connectivity index (χ1) is 11.7. The van der Waals surface area contributed by atoms with Crippen LogP contribution in [0.4, 0.5) is 11.5 Å². The number of anilines is 2. The first kappa shape index (κ1) is 14.0. The Hall–Kier alpha value is -3.61. The average molecular weight is 320 g/mol. The first-order valence-corrected chi connectivity index (χ1v) is 7.19. The summed E-state index contributed by atoms with van der Waals surface area (Å²) < 4.78 is 5.51. The minimum atomic E-state index is -0.793. The molecule has 7 nitrogen and oxygen atoms in total. The molecule has 3 heterocycles. The molecule has 0 bridgehead atoms. The van der Waals surface area contributed by atoms with Crippen LogP contribution in [-0.2, 0) is 0 Å². The summed E-state index contributed by atoms with van der Waals surface area (Å²) in [5.41, 5.74) is 2.11. The summed E-state index contributed by atoms with van der Waals surface area (Å²) >= 11 is 0. The second-order valence-electron chi connectivity index (χ2n) is 5.14. The standard InChI is InChI=1S/C17H12N4O3/c22-17-20-15(14-2-1-8-18-16(14)21(17)23)19-13-5-3-11(4-6-13)12-7-9-24-10-12/h1-10,23H,(H,19,20,22). The summed E-state index contributed by atoms with van der Waals surface area (Å²) in [6.07, 6.45) is 4.79. The maximum Gasteiger partial charge on any atom is 0.384 e. The van der Waals surface area contributed by atoms with E-state index in [0.717, 1.165) is 16.8 Å². The summed E-state index contributed by atoms with van der Waals surface area (Å²) in [5, 5.41) is 13.4. The van der Waals surface area contributed by atoms with Crippen molar-refractivity contribution in [1.29, 1.82) is 0 Å². The minimum Gasteiger partial charge on any atom is -0.472 e. The van der Waals surface area contributed by atoms with Crippen LogP contribution in [0.1, 0.15) is 0 Å². The van der Waals surface area contributed by atoms with E-state index < -0.39 is 5.69 Å². The fraction of sp³-hybridized carbons (Fsp3) is 0. The van der Waals surface area contributed by atoms with Gasteiger partial charge in [-0.15, -0.1) is 4.73 Å². The van der Waals surface area contributed by atoms with Gasteiger partial charge in [-0.25, -0.2) is 9.78 Å². The molecule has 0 saturated carbocycles. The number of furan rings is 1. The van der Waals surface area contributed by atoms with Crippen LogP contribution in [0.15, 0.2) is 70.4 Å². The molecule has 4 aromatic rings. The van der Waals surface area contributed by atoms with Crippen LogP contribution >= 0.6 is 0 Å². The van der Waals surface area contributed by atoms with E-state index in [1.807, 2.05) is 30.3 Å². The molecule has 0 spiro atoms. The number of nitrogens with zero attached hydrogens (tertiary/aromatic N) is 3. The van der Waals surface area contributed by atoms with Crippen molar-refractivity contribution in [1.82, 2.24) is 14.7 Å². The Morgan fingerprint density at radius 3 is 2.67 bits per heavy atom. The SMILES string of the molecule is O=c1nc(Nc2ccc(-c3ccoc3)cc2)c2cccnc2n1O. The zero-order valence-corrected chi connectivity index (χ0v) is 12.4. The number of nitrogens with one attached hydrogen (secondary N) is 1. The molecule has 2 N–H and O–H groups in total. The van der Waals surface area contributed by atoms with Crippen molar-refractivity contribution >= 4 is 22.5 Å². The summed E-state index contributed by atoms with van der Waals surface area (Å²) in [7, 11) is 0. The Labute approximate surface area is 135 Å². The van der Waals surface area contributed by atoms with E-state index in [2.05, 4.69) is 15.3 Å². The predicted molar refractivity (Wildman–Crippen MR) is 88.4 cm³/mol. The number of hydrogen-bond donors (Lipinski definition) is 2. The molecule has 0 atom stereocenters. The molecule has 0 saturated heterocycles. The highest BCUT2D eigenvalue weighted by Crippen LogP contribution is 2.25. The number of rotatable bonds is 3. The van der Waals surface area contributed by atoms with Crippen LogP contribution in [0.2, 0.25) is 0 Å². The number of pyridine rings is 1. The molecule has 0 radical (unpaired) electrons. The van der Waals surface area contributed by atoms with E-state index in [4.69, 9.17) is 4.42 Å². The molecule has 1 aromatic carbocycles. The Morgan fingerprint density at radius 2 is 1.92 bits per heavy atom. The van der Waals surface area contributed by atoms with Gasteiger partial charge in [0.25, 0.3) is 0 Å². The minimum absolute atomic E-state index is 0.148. The van der Waals surface area contributed by atoms with Gasteiger partial charge in [-0.2, -0.15) is 4.98 Å². The van der Waals surface area contributed by atoms with Crippen molar-refractivity contribution in [2.24, 2.45) is 0 Å². The fourth-order valence-electron chi connectivity index (χ4n) is 2.45. The van der Waals surface area contributed by atoms with Gasteiger partial charge >= 0.3 is 5.69 Å². The summed E-state index contributed by atoms with van der Waals surface area (Å²) in [6.45, 7) is 0. The molecule has 0 aliphatic carbocycles. The molecule has 0 unspecified atom stereocenters. The molecule has 24 heavy (non-hydrogen) atoms. The molecule has 4 rings (SSSR count). The lowest BCUT2D eigenvalue weighted by atomic mass is 10.1. The third kappa shape index (κ3) is 2.38. The highest BCUT2D eigenvalue weighted by Gasteiger charge is 2.10. The molecule has 7 heteroatoms. The zero-order valence-electron chi connectivity index (χ0n) is 12.4. The molecular weight excluding hydrogens is 308 g/mol. The van der Waals surface area contributed by atoms with Gasteiger partial charge in [-0.3, -0.25) is 0 Å². The normalized spacial score (nSPS) is 10.8. The molecular formula is C17H12N4O3. The van der Waals surface area contributed by atoms with E-state index in [1.165, 1.54) is 6.20 Å². The maximum absolute atomic E-state index is 11.8. The molecule has 3 aromatic heterocycles. The highest BCUT2D eigenvalue weighted by atomic mass is 16.5. The van der Waals surface area contributed by atoms with Gasteiger partial charge in [0.05, 0.1) is 17.9 Å². The Bertz CT molecular complexity index is 1050. The van der Waals surface area contributed by atoms with Crippen molar-refractivity contribution in [3.05, 3.63) is 71.7 Å². The van der Waals surface area contributed by atoms with Crippen LogP contribution in [0.5, 0.6) is 0 Å².